The van der Waals surface area contributed by atoms with Crippen molar-refractivity contribution in [3.05, 3.63) is 52.3 Å². The normalized spacial score (nSPS) is 9.53. The first kappa shape index (κ1) is 11.4. The number of halogens is 1. The van der Waals surface area contributed by atoms with E-state index in [2.05, 4.69) is 16.9 Å². The monoisotopic (exact) mass is 244 g/mol. The topological polar surface area (TPSA) is 34.9 Å². The molecular formula is C13H9ClN2O. The fraction of sp³-hybridized carbons (Fsp3) is 0.0769. The van der Waals surface area contributed by atoms with Crippen LogP contribution in [0.4, 0.5) is 0 Å². The van der Waals surface area contributed by atoms with Gasteiger partial charge in [-0.05, 0) is 12.1 Å². The maximum Gasteiger partial charge on any atom is 0.152 e. The second-order valence-corrected chi connectivity index (χ2v) is 3.88. The third kappa shape index (κ3) is 2.55. The third-order valence-corrected chi connectivity index (χ3v) is 2.55. The third-order valence-electron chi connectivity index (χ3n) is 2.22. The number of aldehydes is 1. The van der Waals surface area contributed by atoms with Gasteiger partial charge in [-0.15, -0.1) is 0 Å². The Bertz CT molecular complexity index is 620. The van der Waals surface area contributed by atoms with Crippen LogP contribution in [0, 0.1) is 11.8 Å². The molecule has 0 saturated carbocycles. The van der Waals surface area contributed by atoms with Crippen LogP contribution in [0.2, 0.25) is 5.02 Å². The van der Waals surface area contributed by atoms with E-state index < -0.39 is 0 Å². The number of rotatable bonds is 1. The number of benzene rings is 1. The Morgan fingerprint density at radius 2 is 2.24 bits per heavy atom. The molecule has 4 heteroatoms. The lowest BCUT2D eigenvalue weighted by Gasteiger charge is -1.97. The molecule has 0 aliphatic heterocycles. The molecule has 1 heterocycles. The molecule has 84 valence electrons. The van der Waals surface area contributed by atoms with Gasteiger partial charge >= 0.3 is 0 Å². The minimum Gasteiger partial charge on any atom is -0.298 e. The summed E-state index contributed by atoms with van der Waals surface area (Å²) < 4.78 is 1.67. The van der Waals surface area contributed by atoms with E-state index in [-0.39, 0.29) is 0 Å². The molecular weight excluding hydrogens is 236 g/mol. The van der Waals surface area contributed by atoms with Crippen LogP contribution in [0.1, 0.15) is 21.5 Å². The van der Waals surface area contributed by atoms with Gasteiger partial charge in [-0.2, -0.15) is 5.10 Å². The van der Waals surface area contributed by atoms with Crippen molar-refractivity contribution in [3.63, 3.8) is 0 Å². The zero-order chi connectivity index (χ0) is 12.3. The van der Waals surface area contributed by atoms with Crippen molar-refractivity contribution in [3.8, 4) is 11.8 Å². The quantitative estimate of drug-likeness (QED) is 0.570. The van der Waals surface area contributed by atoms with E-state index in [0.717, 1.165) is 11.8 Å². The van der Waals surface area contributed by atoms with Gasteiger partial charge in [0.05, 0.1) is 16.8 Å². The van der Waals surface area contributed by atoms with Crippen molar-refractivity contribution < 1.29 is 4.79 Å². The Labute approximate surface area is 104 Å². The highest BCUT2D eigenvalue weighted by Crippen LogP contribution is 2.17. The molecule has 0 amide bonds. The second kappa shape index (κ2) is 4.86. The summed E-state index contributed by atoms with van der Waals surface area (Å²) in [4.78, 5) is 10.9. The summed E-state index contributed by atoms with van der Waals surface area (Å²) in [5.41, 5.74) is 1.84. The Hall–Kier alpha value is -2.05. The zero-order valence-corrected chi connectivity index (χ0v) is 9.90. The van der Waals surface area contributed by atoms with Crippen LogP contribution in [0.15, 0.2) is 30.6 Å². The van der Waals surface area contributed by atoms with E-state index in [1.807, 2.05) is 7.05 Å². The minimum absolute atomic E-state index is 0.415. The molecule has 0 saturated heterocycles. The lowest BCUT2D eigenvalue weighted by Crippen LogP contribution is -1.88. The molecule has 0 bridgehead atoms. The molecule has 0 N–H and O–H groups in total. The number of hydrogen-bond donors (Lipinski definition) is 0. The lowest BCUT2D eigenvalue weighted by atomic mass is 10.1. The largest absolute Gasteiger partial charge is 0.298 e. The number of hydrogen-bond acceptors (Lipinski definition) is 2. The summed E-state index contributed by atoms with van der Waals surface area (Å²) in [5.74, 6) is 5.85. The number of aromatic nitrogens is 2. The number of carbonyl (C=O) groups excluding carboxylic acids is 1. The SMILES string of the molecule is Cn1cc(C#Cc2cccc(Cl)c2C=O)cn1. The molecule has 0 aliphatic rings. The fourth-order valence-electron chi connectivity index (χ4n) is 1.39. The van der Waals surface area contributed by atoms with Crippen molar-refractivity contribution in [2.24, 2.45) is 7.05 Å². The van der Waals surface area contributed by atoms with Crippen LogP contribution in [0.3, 0.4) is 0 Å². The molecule has 0 fully saturated rings. The van der Waals surface area contributed by atoms with Crippen LogP contribution < -0.4 is 0 Å². The van der Waals surface area contributed by atoms with E-state index in [1.54, 1.807) is 35.3 Å². The molecule has 2 aromatic rings. The number of aryl methyl sites for hydroxylation is 1. The number of carbonyl (C=O) groups is 1. The Balaban J connectivity index is 2.40. The zero-order valence-electron chi connectivity index (χ0n) is 9.14. The first-order valence-electron chi connectivity index (χ1n) is 4.95. The van der Waals surface area contributed by atoms with Gasteiger partial charge in [-0.3, -0.25) is 9.48 Å². The molecule has 1 aromatic heterocycles. The van der Waals surface area contributed by atoms with Crippen LogP contribution in [-0.2, 0) is 7.05 Å². The van der Waals surface area contributed by atoms with Crippen molar-refractivity contribution in [1.29, 1.82) is 0 Å². The average Bonchev–Trinajstić information content (AvgIpc) is 2.72. The van der Waals surface area contributed by atoms with E-state index in [0.29, 0.717) is 16.1 Å². The van der Waals surface area contributed by atoms with E-state index in [4.69, 9.17) is 11.6 Å². The molecule has 0 radical (unpaired) electrons. The van der Waals surface area contributed by atoms with Crippen molar-refractivity contribution in [2.45, 2.75) is 0 Å². The molecule has 17 heavy (non-hydrogen) atoms. The van der Waals surface area contributed by atoms with Gasteiger partial charge < -0.3 is 0 Å². The van der Waals surface area contributed by atoms with Gasteiger partial charge in [0.1, 0.15) is 0 Å². The first-order chi connectivity index (χ1) is 8.20. The van der Waals surface area contributed by atoms with Crippen LogP contribution in [0.25, 0.3) is 0 Å². The van der Waals surface area contributed by atoms with Gasteiger partial charge in [0.15, 0.2) is 6.29 Å². The van der Waals surface area contributed by atoms with Gasteiger partial charge in [0, 0.05) is 24.4 Å². The van der Waals surface area contributed by atoms with Crippen molar-refractivity contribution in [2.75, 3.05) is 0 Å². The Morgan fingerprint density at radius 1 is 1.41 bits per heavy atom. The van der Waals surface area contributed by atoms with Crippen molar-refractivity contribution in [1.82, 2.24) is 9.78 Å². The lowest BCUT2D eigenvalue weighted by molar-refractivity contribution is 0.112. The van der Waals surface area contributed by atoms with Crippen LogP contribution >= 0.6 is 11.6 Å². The highest BCUT2D eigenvalue weighted by Gasteiger charge is 2.03. The molecule has 0 spiro atoms. The molecule has 0 aliphatic carbocycles. The van der Waals surface area contributed by atoms with E-state index >= 15 is 0 Å². The standard InChI is InChI=1S/C13H9ClN2O/c1-16-8-10(7-15-16)5-6-11-3-2-4-13(14)12(11)9-17/h2-4,7-9H,1H3. The maximum absolute atomic E-state index is 10.9. The van der Waals surface area contributed by atoms with E-state index in [1.165, 1.54) is 0 Å². The van der Waals surface area contributed by atoms with E-state index in [9.17, 15) is 4.79 Å². The van der Waals surface area contributed by atoms with Gasteiger partial charge in [0.25, 0.3) is 0 Å². The van der Waals surface area contributed by atoms with Crippen molar-refractivity contribution >= 4 is 17.9 Å². The molecule has 1 aromatic carbocycles. The van der Waals surface area contributed by atoms with Crippen LogP contribution in [0.5, 0.6) is 0 Å². The van der Waals surface area contributed by atoms with Gasteiger partial charge in [0.2, 0.25) is 0 Å². The predicted octanol–water partition coefficient (Wildman–Crippen LogP) is 2.29. The summed E-state index contributed by atoms with van der Waals surface area (Å²) in [6.07, 6.45) is 4.19. The summed E-state index contributed by atoms with van der Waals surface area (Å²) in [6.45, 7) is 0. The van der Waals surface area contributed by atoms with Gasteiger partial charge in [-0.1, -0.05) is 29.5 Å². The minimum atomic E-state index is 0.415. The smallest absolute Gasteiger partial charge is 0.152 e. The highest BCUT2D eigenvalue weighted by atomic mass is 35.5. The summed E-state index contributed by atoms with van der Waals surface area (Å²) in [6, 6.07) is 5.20. The maximum atomic E-state index is 10.9. The fourth-order valence-corrected chi connectivity index (χ4v) is 1.61. The summed E-state index contributed by atoms with van der Waals surface area (Å²) in [5, 5.41) is 4.42. The van der Waals surface area contributed by atoms with Gasteiger partial charge in [-0.25, -0.2) is 0 Å². The molecule has 0 atom stereocenters. The average molecular weight is 245 g/mol. The predicted molar refractivity (Wildman–Crippen MR) is 66.0 cm³/mol. The highest BCUT2D eigenvalue weighted by molar-refractivity contribution is 6.33. The molecule has 0 unspecified atom stereocenters. The van der Waals surface area contributed by atoms with Crippen LogP contribution in [-0.4, -0.2) is 16.1 Å². The Morgan fingerprint density at radius 3 is 2.88 bits per heavy atom. The first-order valence-corrected chi connectivity index (χ1v) is 5.33. The summed E-state index contributed by atoms with van der Waals surface area (Å²) in [7, 11) is 1.82. The molecule has 3 nitrogen and oxygen atoms in total. The Kier molecular flexibility index (Phi) is 3.27. The molecule has 2 rings (SSSR count). The second-order valence-electron chi connectivity index (χ2n) is 3.47. The summed E-state index contributed by atoms with van der Waals surface area (Å²) >= 11 is 5.90. The number of nitrogens with zero attached hydrogens (tertiary/aromatic N) is 2.